The molecule has 0 bridgehead atoms. The Balaban J connectivity index is 1.67. The molecule has 2 atom stereocenters. The van der Waals surface area contributed by atoms with Gasteiger partial charge in [-0.05, 0) is 32.6 Å². The summed E-state index contributed by atoms with van der Waals surface area (Å²) in [5, 5.41) is 2.87. The zero-order chi connectivity index (χ0) is 13.6. The Morgan fingerprint density at radius 2 is 2.16 bits per heavy atom. The maximum Gasteiger partial charge on any atom is 0.326 e. The van der Waals surface area contributed by atoms with E-state index >= 15 is 0 Å². The summed E-state index contributed by atoms with van der Waals surface area (Å²) in [7, 11) is 0. The maximum absolute atomic E-state index is 12.5. The van der Waals surface area contributed by atoms with Crippen LogP contribution in [0.1, 0.15) is 26.7 Å². The van der Waals surface area contributed by atoms with E-state index < -0.39 is 5.54 Å². The summed E-state index contributed by atoms with van der Waals surface area (Å²) in [5.41, 5.74) is -0.672. The van der Waals surface area contributed by atoms with E-state index in [4.69, 9.17) is 4.74 Å². The zero-order valence-electron chi connectivity index (χ0n) is 11.5. The molecule has 3 amide bonds. The number of carbonyl (C=O) groups is 2. The van der Waals surface area contributed by atoms with Crippen molar-refractivity contribution in [2.24, 2.45) is 5.92 Å². The Kier molecular flexibility index (Phi) is 3.02. The van der Waals surface area contributed by atoms with E-state index in [-0.39, 0.29) is 18.0 Å². The number of hydrogen-bond acceptors (Lipinski definition) is 4. The van der Waals surface area contributed by atoms with Crippen molar-refractivity contribution >= 4 is 11.9 Å². The fraction of sp³-hybridized carbons (Fsp3) is 0.846. The lowest BCUT2D eigenvalue weighted by molar-refractivity contribution is -0.134. The van der Waals surface area contributed by atoms with E-state index in [1.807, 2.05) is 13.8 Å². The third-order valence-electron chi connectivity index (χ3n) is 4.36. The van der Waals surface area contributed by atoms with Gasteiger partial charge >= 0.3 is 6.03 Å². The molecule has 0 aromatic heterocycles. The van der Waals surface area contributed by atoms with E-state index in [9.17, 15) is 9.59 Å². The first-order chi connectivity index (χ1) is 9.00. The predicted molar refractivity (Wildman–Crippen MR) is 68.4 cm³/mol. The van der Waals surface area contributed by atoms with E-state index in [1.165, 1.54) is 4.90 Å². The molecule has 3 aliphatic rings. The van der Waals surface area contributed by atoms with Crippen LogP contribution in [-0.4, -0.2) is 59.7 Å². The molecule has 0 unspecified atom stereocenters. The third kappa shape index (κ3) is 2.23. The molecule has 1 saturated carbocycles. The highest BCUT2D eigenvalue weighted by molar-refractivity contribution is 6.07. The number of ether oxygens (including phenoxy) is 1. The van der Waals surface area contributed by atoms with E-state index in [0.717, 1.165) is 25.9 Å². The Hall–Kier alpha value is -1.14. The summed E-state index contributed by atoms with van der Waals surface area (Å²) in [6, 6.07) is -0.251. The molecule has 0 spiro atoms. The second-order valence-corrected chi connectivity index (χ2v) is 6.04. The second-order valence-electron chi connectivity index (χ2n) is 6.04. The average Bonchev–Trinajstić information content (AvgIpc) is 3.16. The first-order valence-corrected chi connectivity index (χ1v) is 6.99. The minimum Gasteiger partial charge on any atom is -0.376 e. The smallest absolute Gasteiger partial charge is 0.326 e. The van der Waals surface area contributed by atoms with Crippen LogP contribution in [0.25, 0.3) is 0 Å². The highest BCUT2D eigenvalue weighted by Gasteiger charge is 2.56. The van der Waals surface area contributed by atoms with Crippen LogP contribution in [0.15, 0.2) is 0 Å². The molecule has 1 aliphatic carbocycles. The van der Waals surface area contributed by atoms with Gasteiger partial charge in [-0.25, -0.2) is 9.69 Å². The van der Waals surface area contributed by atoms with Crippen LogP contribution in [0.5, 0.6) is 0 Å². The largest absolute Gasteiger partial charge is 0.376 e. The molecule has 106 valence electrons. The molecule has 19 heavy (non-hydrogen) atoms. The van der Waals surface area contributed by atoms with E-state index in [1.54, 1.807) is 0 Å². The quantitative estimate of drug-likeness (QED) is 0.751. The van der Waals surface area contributed by atoms with E-state index in [2.05, 4.69) is 10.2 Å². The summed E-state index contributed by atoms with van der Waals surface area (Å²) in [6.45, 7) is 6.42. The van der Waals surface area contributed by atoms with Crippen LogP contribution >= 0.6 is 0 Å². The highest BCUT2D eigenvalue weighted by Crippen LogP contribution is 2.42. The monoisotopic (exact) mass is 267 g/mol. The van der Waals surface area contributed by atoms with Crippen LogP contribution < -0.4 is 5.32 Å². The number of amides is 3. The van der Waals surface area contributed by atoms with Crippen molar-refractivity contribution in [2.75, 3.05) is 26.4 Å². The van der Waals surface area contributed by atoms with Gasteiger partial charge in [0.25, 0.3) is 5.91 Å². The van der Waals surface area contributed by atoms with Crippen LogP contribution in [-0.2, 0) is 9.53 Å². The van der Waals surface area contributed by atoms with E-state index in [0.29, 0.717) is 19.2 Å². The van der Waals surface area contributed by atoms with Gasteiger partial charge in [-0.2, -0.15) is 0 Å². The maximum atomic E-state index is 12.5. The molecule has 2 saturated heterocycles. The number of carbonyl (C=O) groups excluding carboxylic acids is 2. The van der Waals surface area contributed by atoms with Gasteiger partial charge in [-0.1, -0.05) is 0 Å². The van der Waals surface area contributed by atoms with Gasteiger partial charge in [0.05, 0.1) is 19.4 Å². The van der Waals surface area contributed by atoms with Crippen molar-refractivity contribution in [1.82, 2.24) is 15.1 Å². The molecule has 3 fully saturated rings. The molecule has 2 aliphatic heterocycles. The first-order valence-electron chi connectivity index (χ1n) is 6.99. The topological polar surface area (TPSA) is 61.9 Å². The molecule has 6 heteroatoms. The SMILES string of the molecule is C[C@H]1CN(CN2C(=O)N[C@](C)(C3CC3)C2=O)CCO1. The number of rotatable bonds is 3. The van der Waals surface area contributed by atoms with Crippen molar-refractivity contribution in [3.05, 3.63) is 0 Å². The summed E-state index contributed by atoms with van der Waals surface area (Å²) in [5.74, 6) is 0.247. The molecule has 6 nitrogen and oxygen atoms in total. The van der Waals surface area contributed by atoms with Gasteiger partial charge < -0.3 is 10.1 Å². The van der Waals surface area contributed by atoms with Crippen molar-refractivity contribution < 1.29 is 14.3 Å². The van der Waals surface area contributed by atoms with Gasteiger partial charge in [0.1, 0.15) is 5.54 Å². The summed E-state index contributed by atoms with van der Waals surface area (Å²) in [6.07, 6.45) is 2.22. The first kappa shape index (κ1) is 12.9. The number of nitrogens with one attached hydrogen (secondary N) is 1. The Labute approximate surface area is 113 Å². The number of urea groups is 1. The Bertz CT molecular complexity index is 410. The van der Waals surface area contributed by atoms with Crippen molar-refractivity contribution in [3.63, 3.8) is 0 Å². The minimum atomic E-state index is -0.672. The molecular weight excluding hydrogens is 246 g/mol. The van der Waals surface area contributed by atoms with Crippen molar-refractivity contribution in [3.8, 4) is 0 Å². The molecule has 0 aromatic carbocycles. The van der Waals surface area contributed by atoms with Crippen molar-refractivity contribution in [1.29, 1.82) is 0 Å². The van der Waals surface area contributed by atoms with Gasteiger partial charge in [0.15, 0.2) is 0 Å². The normalized spacial score (nSPS) is 36.7. The third-order valence-corrected chi connectivity index (χ3v) is 4.36. The Morgan fingerprint density at radius 3 is 2.79 bits per heavy atom. The van der Waals surface area contributed by atoms with Gasteiger partial charge in [0, 0.05) is 13.1 Å². The predicted octanol–water partition coefficient (Wildman–Crippen LogP) is 0.385. The van der Waals surface area contributed by atoms with Crippen LogP contribution in [0, 0.1) is 5.92 Å². The lowest BCUT2D eigenvalue weighted by atomic mass is 9.96. The molecule has 0 aromatic rings. The number of imide groups is 1. The fourth-order valence-corrected chi connectivity index (χ4v) is 3.00. The van der Waals surface area contributed by atoms with Crippen LogP contribution in [0.3, 0.4) is 0 Å². The highest BCUT2D eigenvalue weighted by atomic mass is 16.5. The molecular formula is C13H21N3O3. The molecule has 2 heterocycles. The van der Waals surface area contributed by atoms with Gasteiger partial charge in [0.2, 0.25) is 0 Å². The summed E-state index contributed by atoms with van der Waals surface area (Å²) in [4.78, 5) is 27.9. The summed E-state index contributed by atoms with van der Waals surface area (Å²) >= 11 is 0. The van der Waals surface area contributed by atoms with Crippen LogP contribution in [0.2, 0.25) is 0 Å². The lowest BCUT2D eigenvalue weighted by Crippen LogP contribution is -2.50. The van der Waals surface area contributed by atoms with Gasteiger partial charge in [-0.15, -0.1) is 0 Å². The fourth-order valence-electron chi connectivity index (χ4n) is 3.00. The summed E-state index contributed by atoms with van der Waals surface area (Å²) < 4.78 is 5.47. The Morgan fingerprint density at radius 1 is 1.42 bits per heavy atom. The lowest BCUT2D eigenvalue weighted by Gasteiger charge is -2.33. The number of morpholine rings is 1. The van der Waals surface area contributed by atoms with Crippen molar-refractivity contribution in [2.45, 2.75) is 38.3 Å². The average molecular weight is 267 g/mol. The van der Waals surface area contributed by atoms with Crippen LogP contribution in [0.4, 0.5) is 4.79 Å². The molecule has 3 rings (SSSR count). The zero-order valence-corrected chi connectivity index (χ0v) is 11.5. The second kappa shape index (κ2) is 4.45. The number of hydrogen-bond donors (Lipinski definition) is 1. The number of nitrogens with zero attached hydrogens (tertiary/aromatic N) is 2. The molecule has 1 N–H and O–H groups in total. The minimum absolute atomic E-state index is 0.0702. The molecule has 0 radical (unpaired) electrons. The van der Waals surface area contributed by atoms with Gasteiger partial charge in [-0.3, -0.25) is 9.69 Å². The standard InChI is InChI=1S/C13H21N3O3/c1-9-7-15(5-6-19-9)8-16-11(17)13(2,10-3-4-10)14-12(16)18/h9-10H,3-8H2,1-2H3,(H,14,18)/t9-,13+/m0/s1.